The minimum Gasteiger partial charge on any atom is -0.351 e. The van der Waals surface area contributed by atoms with E-state index < -0.39 is 0 Å². The summed E-state index contributed by atoms with van der Waals surface area (Å²) in [7, 11) is 0. The third kappa shape index (κ3) is 4.98. The predicted octanol–water partition coefficient (Wildman–Crippen LogP) is 6.93. The summed E-state index contributed by atoms with van der Waals surface area (Å²) in [5.41, 5.74) is 6.21. The number of nitrogens with one attached hydrogen (secondary N) is 1. The number of hydrogen-bond acceptors (Lipinski definition) is 3. The fourth-order valence-electron chi connectivity index (χ4n) is 3.99. The molecule has 0 aliphatic rings. The van der Waals surface area contributed by atoms with Gasteiger partial charge in [0, 0.05) is 23.1 Å². The van der Waals surface area contributed by atoms with Gasteiger partial charge in [-0.15, -0.1) is 11.3 Å². The molecule has 0 atom stereocenters. The standard InChI is InChI=1S/C30H24N2OS/c33-29(28(24-12-6-2-7-13-24)25-14-8-3-9-15-25)31-20-22-16-18-26(19-17-22)30-32-27(21-34-30)23-10-4-1-5-11-23/h1-19,21,28H,20H2,(H,31,33). The van der Waals surface area contributed by atoms with Gasteiger partial charge < -0.3 is 5.32 Å². The van der Waals surface area contributed by atoms with Crippen LogP contribution in [0.15, 0.2) is 121 Å². The third-order valence-electron chi connectivity index (χ3n) is 5.77. The number of thiazole rings is 1. The Bertz CT molecular complexity index is 1310. The molecule has 4 aromatic carbocycles. The number of carbonyl (C=O) groups excluding carboxylic acids is 1. The maximum absolute atomic E-state index is 13.2. The number of aromatic nitrogens is 1. The summed E-state index contributed by atoms with van der Waals surface area (Å²) in [5.74, 6) is -0.345. The second-order valence-corrected chi connectivity index (χ2v) is 8.93. The zero-order valence-electron chi connectivity index (χ0n) is 18.6. The lowest BCUT2D eigenvalue weighted by Crippen LogP contribution is -2.29. The van der Waals surface area contributed by atoms with Crippen LogP contribution in [0.25, 0.3) is 21.8 Å². The van der Waals surface area contributed by atoms with Gasteiger partial charge in [-0.25, -0.2) is 4.98 Å². The van der Waals surface area contributed by atoms with Crippen LogP contribution in [-0.4, -0.2) is 10.9 Å². The molecular formula is C30H24N2OS. The lowest BCUT2D eigenvalue weighted by atomic mass is 9.90. The van der Waals surface area contributed by atoms with E-state index in [1.807, 2.05) is 78.9 Å². The number of benzene rings is 4. The van der Waals surface area contributed by atoms with Crippen LogP contribution >= 0.6 is 11.3 Å². The molecule has 4 heteroatoms. The first kappa shape index (κ1) is 21.8. The van der Waals surface area contributed by atoms with Crippen LogP contribution in [0.4, 0.5) is 0 Å². The van der Waals surface area contributed by atoms with Crippen LogP contribution < -0.4 is 5.32 Å². The Hall–Kier alpha value is -4.02. The Labute approximate surface area is 203 Å². The van der Waals surface area contributed by atoms with Crippen LogP contribution in [0, 0.1) is 0 Å². The molecule has 1 N–H and O–H groups in total. The van der Waals surface area contributed by atoms with E-state index in [1.54, 1.807) is 11.3 Å². The lowest BCUT2D eigenvalue weighted by molar-refractivity contribution is -0.121. The van der Waals surface area contributed by atoms with Crippen molar-refractivity contribution in [1.82, 2.24) is 10.3 Å². The summed E-state index contributed by atoms with van der Waals surface area (Å²) in [4.78, 5) is 18.0. The number of rotatable bonds is 7. The van der Waals surface area contributed by atoms with Crippen molar-refractivity contribution in [3.8, 4) is 21.8 Å². The maximum Gasteiger partial charge on any atom is 0.232 e. The fourth-order valence-corrected chi connectivity index (χ4v) is 4.83. The van der Waals surface area contributed by atoms with Gasteiger partial charge in [0.1, 0.15) is 5.01 Å². The van der Waals surface area contributed by atoms with Crippen LogP contribution in [0.3, 0.4) is 0 Å². The minimum atomic E-state index is -0.339. The van der Waals surface area contributed by atoms with Gasteiger partial charge in [-0.05, 0) is 16.7 Å². The fraction of sp³-hybridized carbons (Fsp3) is 0.0667. The van der Waals surface area contributed by atoms with Crippen LogP contribution in [-0.2, 0) is 11.3 Å². The molecule has 0 saturated heterocycles. The van der Waals surface area contributed by atoms with Crippen LogP contribution in [0.2, 0.25) is 0 Å². The Morgan fingerprint density at radius 3 is 1.85 bits per heavy atom. The molecule has 0 fully saturated rings. The lowest BCUT2D eigenvalue weighted by Gasteiger charge is -2.18. The highest BCUT2D eigenvalue weighted by molar-refractivity contribution is 7.13. The molecule has 1 heterocycles. The van der Waals surface area contributed by atoms with E-state index in [9.17, 15) is 4.79 Å². The molecular weight excluding hydrogens is 436 g/mol. The van der Waals surface area contributed by atoms with Crippen LogP contribution in [0.5, 0.6) is 0 Å². The van der Waals surface area contributed by atoms with E-state index in [-0.39, 0.29) is 11.8 Å². The highest BCUT2D eigenvalue weighted by atomic mass is 32.1. The highest BCUT2D eigenvalue weighted by Gasteiger charge is 2.22. The topological polar surface area (TPSA) is 42.0 Å². The molecule has 1 aromatic heterocycles. The third-order valence-corrected chi connectivity index (χ3v) is 6.66. The van der Waals surface area contributed by atoms with Gasteiger partial charge in [-0.3, -0.25) is 4.79 Å². The van der Waals surface area contributed by atoms with Gasteiger partial charge in [-0.2, -0.15) is 0 Å². The Balaban J connectivity index is 1.28. The molecule has 0 unspecified atom stereocenters. The molecule has 0 radical (unpaired) electrons. The van der Waals surface area contributed by atoms with Crippen molar-refractivity contribution >= 4 is 17.2 Å². The largest absolute Gasteiger partial charge is 0.351 e. The molecule has 0 bridgehead atoms. The minimum absolute atomic E-state index is 0.00565. The molecule has 0 saturated carbocycles. The molecule has 0 aliphatic heterocycles. The van der Waals surface area contributed by atoms with E-state index in [0.717, 1.165) is 38.5 Å². The van der Waals surface area contributed by atoms with Gasteiger partial charge in [0.2, 0.25) is 5.91 Å². The summed E-state index contributed by atoms with van der Waals surface area (Å²) in [6, 6.07) is 38.3. The summed E-state index contributed by atoms with van der Waals surface area (Å²) in [5, 5.41) is 6.21. The van der Waals surface area contributed by atoms with Crippen LogP contribution in [0.1, 0.15) is 22.6 Å². The number of amides is 1. The molecule has 166 valence electrons. The van der Waals surface area contributed by atoms with Gasteiger partial charge in [0.05, 0.1) is 11.6 Å². The highest BCUT2D eigenvalue weighted by Crippen LogP contribution is 2.29. The summed E-state index contributed by atoms with van der Waals surface area (Å²) in [6.07, 6.45) is 0. The van der Waals surface area contributed by atoms with E-state index >= 15 is 0 Å². The first-order chi connectivity index (χ1) is 16.8. The monoisotopic (exact) mass is 460 g/mol. The first-order valence-electron chi connectivity index (χ1n) is 11.3. The maximum atomic E-state index is 13.2. The van der Waals surface area contributed by atoms with Crippen molar-refractivity contribution in [3.63, 3.8) is 0 Å². The number of hydrogen-bond donors (Lipinski definition) is 1. The number of nitrogens with zero attached hydrogens (tertiary/aromatic N) is 1. The van der Waals surface area contributed by atoms with Gasteiger partial charge in [0.15, 0.2) is 0 Å². The van der Waals surface area contributed by atoms with E-state index in [1.165, 1.54) is 0 Å². The van der Waals surface area contributed by atoms with E-state index in [2.05, 4.69) is 47.1 Å². The van der Waals surface area contributed by atoms with E-state index in [0.29, 0.717) is 6.54 Å². The van der Waals surface area contributed by atoms with Crippen molar-refractivity contribution in [2.45, 2.75) is 12.5 Å². The Kier molecular flexibility index (Phi) is 6.59. The van der Waals surface area contributed by atoms with Crippen molar-refractivity contribution < 1.29 is 4.79 Å². The number of carbonyl (C=O) groups is 1. The molecule has 0 aliphatic carbocycles. The molecule has 1 amide bonds. The average molecular weight is 461 g/mol. The average Bonchev–Trinajstić information content (AvgIpc) is 3.40. The second-order valence-electron chi connectivity index (χ2n) is 8.07. The van der Waals surface area contributed by atoms with Gasteiger partial charge in [0.25, 0.3) is 0 Å². The Morgan fingerprint density at radius 2 is 1.26 bits per heavy atom. The predicted molar refractivity (Wildman–Crippen MR) is 140 cm³/mol. The zero-order valence-corrected chi connectivity index (χ0v) is 19.4. The molecule has 0 spiro atoms. The smallest absolute Gasteiger partial charge is 0.232 e. The summed E-state index contributed by atoms with van der Waals surface area (Å²) >= 11 is 1.64. The molecule has 5 rings (SSSR count). The van der Waals surface area contributed by atoms with Gasteiger partial charge in [-0.1, -0.05) is 115 Å². The zero-order chi connectivity index (χ0) is 23.2. The second kappa shape index (κ2) is 10.3. The van der Waals surface area contributed by atoms with E-state index in [4.69, 9.17) is 4.98 Å². The van der Waals surface area contributed by atoms with Crippen molar-refractivity contribution in [2.75, 3.05) is 0 Å². The van der Waals surface area contributed by atoms with Crippen molar-refractivity contribution in [3.05, 3.63) is 137 Å². The summed E-state index contributed by atoms with van der Waals surface area (Å²) in [6.45, 7) is 0.475. The SMILES string of the molecule is O=C(NCc1ccc(-c2nc(-c3ccccc3)cs2)cc1)C(c1ccccc1)c1ccccc1. The van der Waals surface area contributed by atoms with Crippen molar-refractivity contribution in [1.29, 1.82) is 0 Å². The molecule has 3 nitrogen and oxygen atoms in total. The quantitative estimate of drug-likeness (QED) is 0.286. The Morgan fingerprint density at radius 1 is 0.706 bits per heavy atom. The van der Waals surface area contributed by atoms with Gasteiger partial charge >= 0.3 is 0 Å². The molecule has 34 heavy (non-hydrogen) atoms. The normalized spacial score (nSPS) is 10.9. The molecule has 5 aromatic rings. The summed E-state index contributed by atoms with van der Waals surface area (Å²) < 4.78 is 0. The first-order valence-corrected chi connectivity index (χ1v) is 12.1. The van der Waals surface area contributed by atoms with Crippen molar-refractivity contribution in [2.24, 2.45) is 0 Å².